The molecule has 3 saturated heterocycles. The van der Waals surface area contributed by atoms with E-state index >= 15 is 0 Å². The van der Waals surface area contributed by atoms with Gasteiger partial charge in [0.05, 0.1) is 11.7 Å². The maximum atomic E-state index is 7.12. The lowest BCUT2D eigenvalue weighted by atomic mass is 9.36. The van der Waals surface area contributed by atoms with E-state index in [0.29, 0.717) is 33.7 Å². The molecule has 3 heterocycles. The summed E-state index contributed by atoms with van der Waals surface area (Å²) in [5.41, 5.74) is 1.66. The molecule has 34 heavy (non-hydrogen) atoms. The lowest BCUT2D eigenvalue weighted by Gasteiger charge is -2.68. The van der Waals surface area contributed by atoms with E-state index in [1.165, 1.54) is 51.4 Å². The molecule has 3 saturated carbocycles. The first-order valence-electron chi connectivity index (χ1n) is 14.5. The number of fused-ring (bicyclic) bond motifs is 4. The molecular formula is C30H50O4. The van der Waals surface area contributed by atoms with Crippen LogP contribution in [0.5, 0.6) is 0 Å². The number of ether oxygens (including phenoxy) is 2. The molecule has 3 aliphatic carbocycles. The van der Waals surface area contributed by atoms with Crippen LogP contribution in [0, 0.1) is 45.3 Å². The Morgan fingerprint density at radius 3 is 2.15 bits per heavy atom. The lowest BCUT2D eigenvalue weighted by Crippen LogP contribution is -2.66. The predicted octanol–water partition coefficient (Wildman–Crippen LogP) is 7.65. The third-order valence-corrected chi connectivity index (χ3v) is 13.2. The molecule has 0 radical (unpaired) electrons. The van der Waals surface area contributed by atoms with E-state index in [4.69, 9.17) is 19.2 Å². The lowest BCUT2D eigenvalue weighted by molar-refractivity contribution is -0.321. The van der Waals surface area contributed by atoms with Crippen LogP contribution in [0.15, 0.2) is 0 Å². The van der Waals surface area contributed by atoms with Crippen LogP contribution in [0.2, 0.25) is 0 Å². The first-order valence-corrected chi connectivity index (χ1v) is 14.5. The fraction of sp³-hybridized carbons (Fsp3) is 1.00. The van der Waals surface area contributed by atoms with Crippen molar-refractivity contribution < 1.29 is 19.2 Å². The summed E-state index contributed by atoms with van der Waals surface area (Å²) in [7, 11) is 0. The van der Waals surface area contributed by atoms with E-state index in [2.05, 4.69) is 41.5 Å². The number of hydrogen-bond donors (Lipinski definition) is 0. The van der Waals surface area contributed by atoms with Gasteiger partial charge in [-0.2, -0.15) is 4.89 Å². The van der Waals surface area contributed by atoms with E-state index in [-0.39, 0.29) is 11.9 Å². The molecule has 0 aromatic carbocycles. The molecule has 0 amide bonds. The van der Waals surface area contributed by atoms with Crippen molar-refractivity contribution in [3.8, 4) is 0 Å². The van der Waals surface area contributed by atoms with Crippen LogP contribution in [0.25, 0.3) is 0 Å². The number of rotatable bonds is 4. The van der Waals surface area contributed by atoms with Crippen molar-refractivity contribution in [3.05, 3.63) is 0 Å². The van der Waals surface area contributed by atoms with Gasteiger partial charge in [-0.25, -0.2) is 4.89 Å². The van der Waals surface area contributed by atoms with Crippen molar-refractivity contribution in [3.63, 3.8) is 0 Å². The molecule has 0 aromatic rings. The summed E-state index contributed by atoms with van der Waals surface area (Å²) in [4.78, 5) is 10.8. The monoisotopic (exact) mass is 474 g/mol. The minimum Gasteiger partial charge on any atom is -0.370 e. The highest BCUT2D eigenvalue weighted by Crippen LogP contribution is 2.79. The Bertz CT molecular complexity index is 838. The largest absolute Gasteiger partial charge is 0.370 e. The second kappa shape index (κ2) is 7.23. The van der Waals surface area contributed by atoms with Gasteiger partial charge in [-0.3, -0.25) is 0 Å². The Morgan fingerprint density at radius 1 is 0.735 bits per heavy atom. The quantitative estimate of drug-likeness (QED) is 0.392. The van der Waals surface area contributed by atoms with Gasteiger partial charge in [0, 0.05) is 11.8 Å². The van der Waals surface area contributed by atoms with Gasteiger partial charge in [-0.1, -0.05) is 41.5 Å². The van der Waals surface area contributed by atoms with Gasteiger partial charge >= 0.3 is 0 Å². The summed E-state index contributed by atoms with van der Waals surface area (Å²) in [6, 6.07) is 0. The molecule has 10 unspecified atom stereocenters. The summed E-state index contributed by atoms with van der Waals surface area (Å²) < 4.78 is 13.0. The van der Waals surface area contributed by atoms with Gasteiger partial charge in [0.15, 0.2) is 12.1 Å². The molecular weight excluding hydrogens is 424 g/mol. The molecule has 194 valence electrons. The maximum Gasteiger partial charge on any atom is 0.199 e. The smallest absolute Gasteiger partial charge is 0.199 e. The molecule has 1 spiro atoms. The van der Waals surface area contributed by atoms with E-state index in [1.54, 1.807) is 0 Å². The first-order chi connectivity index (χ1) is 15.8. The molecule has 2 bridgehead atoms. The Kier molecular flexibility index (Phi) is 5.15. The summed E-state index contributed by atoms with van der Waals surface area (Å²) >= 11 is 0. The van der Waals surface area contributed by atoms with Gasteiger partial charge in [0.1, 0.15) is 0 Å². The highest BCUT2D eigenvalue weighted by atomic mass is 17.3. The second-order valence-electron chi connectivity index (χ2n) is 15.1. The van der Waals surface area contributed by atoms with Crippen molar-refractivity contribution in [1.82, 2.24) is 0 Å². The topological polar surface area (TPSA) is 36.9 Å². The van der Waals surface area contributed by atoms with Crippen LogP contribution in [0.1, 0.15) is 120 Å². The minimum atomic E-state index is -0.617. The summed E-state index contributed by atoms with van der Waals surface area (Å²) in [5, 5.41) is 0. The molecule has 10 atom stereocenters. The fourth-order valence-electron chi connectivity index (χ4n) is 11.3. The van der Waals surface area contributed by atoms with Crippen LogP contribution < -0.4 is 0 Å². The van der Waals surface area contributed by atoms with Crippen LogP contribution in [0.4, 0.5) is 0 Å². The third kappa shape index (κ3) is 2.86. The van der Waals surface area contributed by atoms with Crippen molar-refractivity contribution in [1.29, 1.82) is 0 Å². The van der Waals surface area contributed by atoms with Gasteiger partial charge < -0.3 is 9.47 Å². The Hall–Kier alpha value is -0.160. The van der Waals surface area contributed by atoms with Gasteiger partial charge in [-0.15, -0.1) is 0 Å². The van der Waals surface area contributed by atoms with E-state index in [1.807, 2.05) is 13.8 Å². The van der Waals surface area contributed by atoms with Crippen LogP contribution in [-0.2, 0) is 19.2 Å². The minimum absolute atomic E-state index is 0.141. The van der Waals surface area contributed by atoms with Gasteiger partial charge in [-0.05, 0) is 112 Å². The van der Waals surface area contributed by atoms with Gasteiger partial charge in [0.25, 0.3) is 0 Å². The summed E-state index contributed by atoms with van der Waals surface area (Å²) in [6.07, 6.45) is 13.2. The second-order valence-corrected chi connectivity index (χ2v) is 15.1. The summed E-state index contributed by atoms with van der Waals surface area (Å²) in [5.74, 6) is 2.38. The molecule has 6 rings (SSSR count). The van der Waals surface area contributed by atoms with Crippen molar-refractivity contribution in [2.45, 2.75) is 143 Å². The Balaban J connectivity index is 1.23. The average Bonchev–Trinajstić information content (AvgIpc) is 3.47. The van der Waals surface area contributed by atoms with E-state index in [0.717, 1.165) is 30.6 Å². The van der Waals surface area contributed by atoms with Crippen molar-refractivity contribution in [2.75, 3.05) is 0 Å². The highest BCUT2D eigenvalue weighted by molar-refractivity contribution is 5.25. The third-order valence-electron chi connectivity index (χ3n) is 13.2. The summed E-state index contributed by atoms with van der Waals surface area (Å²) in [6.45, 7) is 19.4. The van der Waals surface area contributed by atoms with Crippen LogP contribution in [-0.4, -0.2) is 23.8 Å². The molecule has 3 aliphatic heterocycles. The zero-order valence-corrected chi connectivity index (χ0v) is 23.2. The van der Waals surface area contributed by atoms with Crippen molar-refractivity contribution >= 4 is 0 Å². The van der Waals surface area contributed by atoms with E-state index < -0.39 is 5.79 Å². The molecule has 6 fully saturated rings. The molecule has 4 heteroatoms. The van der Waals surface area contributed by atoms with Gasteiger partial charge in [0.2, 0.25) is 0 Å². The zero-order valence-electron chi connectivity index (χ0n) is 23.2. The van der Waals surface area contributed by atoms with E-state index in [9.17, 15) is 0 Å². The number of hydrogen-bond acceptors (Lipinski definition) is 4. The molecule has 6 aliphatic rings. The Morgan fingerprint density at radius 2 is 1.44 bits per heavy atom. The predicted molar refractivity (Wildman–Crippen MR) is 133 cm³/mol. The SMILES string of the molecule is CC(CCC1OOC(C)(C)O1)C1CCC2(C)C3CCC4C(C)(C)C5CCC4(O5)C3(C)CCC12C. The Labute approximate surface area is 208 Å². The molecule has 0 N–H and O–H groups in total. The first kappa shape index (κ1) is 24.2. The average molecular weight is 475 g/mol. The standard InChI is InChI=1S/C30H50O4/c1-19(9-12-24-32-26(4,5)34-33-24)20-13-15-28(7)22-11-10-21-25(2,3)23-14-16-30(21,31-23)29(22,8)18-17-27(20,28)6/h19-24H,9-18H2,1-8H3. The molecule has 4 nitrogen and oxygen atoms in total. The fourth-order valence-corrected chi connectivity index (χ4v) is 11.3. The van der Waals surface area contributed by atoms with Crippen LogP contribution >= 0.6 is 0 Å². The van der Waals surface area contributed by atoms with Crippen LogP contribution in [0.3, 0.4) is 0 Å². The normalized spacial score (nSPS) is 55.6. The van der Waals surface area contributed by atoms with Crippen molar-refractivity contribution in [2.24, 2.45) is 45.3 Å². The molecule has 0 aromatic heterocycles. The highest BCUT2D eigenvalue weighted by Gasteiger charge is 2.76. The maximum absolute atomic E-state index is 7.12. The zero-order chi connectivity index (χ0) is 24.4.